The largest absolute Gasteiger partial charge is 0.489 e. The third-order valence-corrected chi connectivity index (χ3v) is 5.00. The molecule has 2 aromatic rings. The van der Waals surface area contributed by atoms with Crippen LogP contribution in [0.15, 0.2) is 24.2 Å². The Morgan fingerprint density at radius 2 is 1.93 bits per heavy atom. The van der Waals surface area contributed by atoms with Crippen molar-refractivity contribution in [3.05, 3.63) is 41.4 Å². The van der Waals surface area contributed by atoms with Crippen molar-refractivity contribution in [3.63, 3.8) is 0 Å². The van der Waals surface area contributed by atoms with E-state index in [1.807, 2.05) is 19.1 Å². The third-order valence-electron chi connectivity index (χ3n) is 5.00. The van der Waals surface area contributed by atoms with Gasteiger partial charge in [0, 0.05) is 7.05 Å². The van der Waals surface area contributed by atoms with E-state index in [0.29, 0.717) is 35.4 Å². The number of nitrogens with one attached hydrogen (secondary N) is 1. The van der Waals surface area contributed by atoms with Crippen LogP contribution in [-0.4, -0.2) is 44.6 Å². The summed E-state index contributed by atoms with van der Waals surface area (Å²) < 4.78 is 6.16. The SMILES string of the molecule is Cc1ncnc(NC/C(=C(/N)c2ccc(OC3CCCCC3)c(C)n2)N(C)N)n1. The van der Waals surface area contributed by atoms with Gasteiger partial charge in [0.15, 0.2) is 0 Å². The van der Waals surface area contributed by atoms with Crippen LogP contribution in [0.25, 0.3) is 5.70 Å². The third kappa shape index (κ3) is 5.54. The summed E-state index contributed by atoms with van der Waals surface area (Å²) in [6, 6.07) is 3.81. The number of pyridine rings is 1. The fourth-order valence-electron chi connectivity index (χ4n) is 3.37. The number of hydrogen-bond acceptors (Lipinski definition) is 9. The van der Waals surface area contributed by atoms with Crippen molar-refractivity contribution in [2.75, 3.05) is 18.9 Å². The molecular formula is C20H30N8O. The standard InChI is InChI=1S/C20H30N8O/c1-13-18(29-15-7-5-4-6-8-15)10-9-16(26-13)19(21)17(28(3)22)11-23-20-25-12-24-14(2)27-20/h9-10,12,15H,4-8,11,21-22H2,1-3H3,(H,23,24,25,27)/b19-17-. The number of aromatic nitrogens is 4. The first-order valence-corrected chi connectivity index (χ1v) is 9.95. The molecule has 0 bridgehead atoms. The zero-order valence-corrected chi connectivity index (χ0v) is 17.4. The molecule has 0 radical (unpaired) electrons. The van der Waals surface area contributed by atoms with Gasteiger partial charge in [-0.2, -0.15) is 4.98 Å². The molecule has 2 aromatic heterocycles. The molecule has 1 saturated carbocycles. The minimum atomic E-state index is 0.279. The molecule has 0 atom stereocenters. The number of nitrogens with two attached hydrogens (primary N) is 2. The molecule has 1 aliphatic carbocycles. The molecule has 0 spiro atoms. The number of anilines is 1. The Kier molecular flexibility index (Phi) is 6.82. The van der Waals surface area contributed by atoms with Crippen LogP contribution in [0.2, 0.25) is 0 Å². The highest BCUT2D eigenvalue weighted by molar-refractivity contribution is 5.64. The van der Waals surface area contributed by atoms with Crippen molar-refractivity contribution >= 4 is 11.6 Å². The fourth-order valence-corrected chi connectivity index (χ4v) is 3.37. The molecule has 0 unspecified atom stereocenters. The van der Waals surface area contributed by atoms with Crippen LogP contribution in [0, 0.1) is 13.8 Å². The molecule has 9 heteroatoms. The number of likely N-dealkylation sites (N-methyl/N-ethyl adjacent to an activating group) is 1. The van der Waals surface area contributed by atoms with Gasteiger partial charge >= 0.3 is 0 Å². The van der Waals surface area contributed by atoms with Crippen LogP contribution in [0.4, 0.5) is 5.95 Å². The Morgan fingerprint density at radius 3 is 2.59 bits per heavy atom. The molecule has 3 rings (SSSR count). The molecule has 9 nitrogen and oxygen atoms in total. The van der Waals surface area contributed by atoms with Crippen LogP contribution < -0.4 is 21.6 Å². The quantitative estimate of drug-likeness (QED) is 0.474. The highest BCUT2D eigenvalue weighted by Gasteiger charge is 2.17. The summed E-state index contributed by atoms with van der Waals surface area (Å²) in [5.41, 5.74) is 9.03. The summed E-state index contributed by atoms with van der Waals surface area (Å²) in [4.78, 5) is 17.0. The van der Waals surface area contributed by atoms with Crippen LogP contribution in [0.3, 0.4) is 0 Å². The zero-order valence-electron chi connectivity index (χ0n) is 17.4. The summed E-state index contributed by atoms with van der Waals surface area (Å²) in [5, 5.41) is 4.60. The fraction of sp³-hybridized carbons (Fsp3) is 0.500. The smallest absolute Gasteiger partial charge is 0.226 e. The number of hydrazine groups is 1. The Hall–Kier alpha value is -2.94. The lowest BCUT2D eigenvalue weighted by Gasteiger charge is -2.24. The van der Waals surface area contributed by atoms with Gasteiger partial charge in [-0.1, -0.05) is 6.42 Å². The number of aryl methyl sites for hydroxylation is 2. The minimum Gasteiger partial charge on any atom is -0.489 e. The summed E-state index contributed by atoms with van der Waals surface area (Å²) in [6.07, 6.45) is 7.70. The van der Waals surface area contributed by atoms with Crippen LogP contribution in [-0.2, 0) is 0 Å². The normalized spacial score (nSPS) is 15.6. The molecular weight excluding hydrogens is 368 g/mol. The highest BCUT2D eigenvalue weighted by atomic mass is 16.5. The molecule has 1 fully saturated rings. The second-order valence-corrected chi connectivity index (χ2v) is 7.34. The molecule has 156 valence electrons. The summed E-state index contributed by atoms with van der Waals surface area (Å²) in [6.45, 7) is 4.09. The van der Waals surface area contributed by atoms with Crippen molar-refractivity contribution in [1.82, 2.24) is 24.9 Å². The van der Waals surface area contributed by atoms with Crippen molar-refractivity contribution < 1.29 is 4.74 Å². The Morgan fingerprint density at radius 1 is 1.17 bits per heavy atom. The molecule has 0 aromatic carbocycles. The minimum absolute atomic E-state index is 0.279. The first-order valence-electron chi connectivity index (χ1n) is 9.95. The van der Waals surface area contributed by atoms with E-state index in [1.54, 1.807) is 14.0 Å². The molecule has 0 aliphatic heterocycles. The second kappa shape index (κ2) is 9.51. The van der Waals surface area contributed by atoms with Gasteiger partial charge in [0.05, 0.1) is 35.4 Å². The Balaban J connectivity index is 1.76. The zero-order chi connectivity index (χ0) is 20.8. The Labute approximate surface area is 171 Å². The maximum Gasteiger partial charge on any atom is 0.226 e. The van der Waals surface area contributed by atoms with Gasteiger partial charge in [0.1, 0.15) is 17.9 Å². The average molecular weight is 399 g/mol. The van der Waals surface area contributed by atoms with Crippen molar-refractivity contribution in [2.45, 2.75) is 52.1 Å². The topological polar surface area (TPSA) is 128 Å². The molecule has 29 heavy (non-hydrogen) atoms. The van der Waals surface area contributed by atoms with Crippen LogP contribution >= 0.6 is 0 Å². The summed E-state index contributed by atoms with van der Waals surface area (Å²) in [7, 11) is 1.73. The molecule has 1 aliphatic rings. The van der Waals surface area contributed by atoms with E-state index >= 15 is 0 Å². The first kappa shape index (κ1) is 20.8. The van der Waals surface area contributed by atoms with Gasteiger partial charge in [0.25, 0.3) is 0 Å². The van der Waals surface area contributed by atoms with Gasteiger partial charge in [-0.25, -0.2) is 20.8 Å². The lowest BCUT2D eigenvalue weighted by atomic mass is 9.98. The van der Waals surface area contributed by atoms with E-state index < -0.39 is 0 Å². The molecule has 0 saturated heterocycles. The summed E-state index contributed by atoms with van der Waals surface area (Å²) in [5.74, 6) is 7.92. The summed E-state index contributed by atoms with van der Waals surface area (Å²) >= 11 is 0. The molecule has 2 heterocycles. The van der Waals surface area contributed by atoms with Gasteiger partial charge in [-0.05, 0) is 51.7 Å². The number of ether oxygens (including phenoxy) is 1. The molecule has 0 amide bonds. The predicted octanol–water partition coefficient (Wildman–Crippen LogP) is 2.14. The van der Waals surface area contributed by atoms with Gasteiger partial charge in [-0.3, -0.25) is 0 Å². The van der Waals surface area contributed by atoms with E-state index in [4.69, 9.17) is 16.3 Å². The maximum absolute atomic E-state index is 6.40. The maximum atomic E-state index is 6.40. The monoisotopic (exact) mass is 398 g/mol. The number of nitrogens with zero attached hydrogens (tertiary/aromatic N) is 5. The second-order valence-electron chi connectivity index (χ2n) is 7.34. The van der Waals surface area contributed by atoms with E-state index in [9.17, 15) is 0 Å². The van der Waals surface area contributed by atoms with E-state index in [2.05, 4.69) is 25.3 Å². The van der Waals surface area contributed by atoms with Crippen LogP contribution in [0.5, 0.6) is 5.75 Å². The molecule has 5 N–H and O–H groups in total. The number of rotatable bonds is 7. The Bertz CT molecular complexity index is 861. The van der Waals surface area contributed by atoms with Gasteiger partial charge in [0.2, 0.25) is 5.95 Å². The average Bonchev–Trinajstić information content (AvgIpc) is 2.70. The van der Waals surface area contributed by atoms with E-state index in [0.717, 1.165) is 24.3 Å². The van der Waals surface area contributed by atoms with Crippen molar-refractivity contribution in [1.29, 1.82) is 0 Å². The lowest BCUT2D eigenvalue weighted by molar-refractivity contribution is 0.153. The predicted molar refractivity (Wildman–Crippen MR) is 113 cm³/mol. The van der Waals surface area contributed by atoms with Gasteiger partial charge < -0.3 is 20.8 Å². The van der Waals surface area contributed by atoms with E-state index in [1.165, 1.54) is 30.6 Å². The van der Waals surface area contributed by atoms with Crippen LogP contribution in [0.1, 0.15) is 49.3 Å². The van der Waals surface area contributed by atoms with E-state index in [-0.39, 0.29) is 6.10 Å². The van der Waals surface area contributed by atoms with Crippen molar-refractivity contribution in [2.24, 2.45) is 11.6 Å². The highest BCUT2D eigenvalue weighted by Crippen LogP contribution is 2.26. The first-order chi connectivity index (χ1) is 13.9. The lowest BCUT2D eigenvalue weighted by Crippen LogP contribution is -2.32. The number of hydrogen-bond donors (Lipinski definition) is 3. The van der Waals surface area contributed by atoms with Gasteiger partial charge in [-0.15, -0.1) is 0 Å². The van der Waals surface area contributed by atoms with Crippen molar-refractivity contribution in [3.8, 4) is 5.75 Å².